The van der Waals surface area contributed by atoms with Gasteiger partial charge in [0.05, 0.1) is 16.8 Å². The molecule has 164 valence electrons. The zero-order valence-corrected chi connectivity index (χ0v) is 20.0. The van der Waals surface area contributed by atoms with Crippen LogP contribution >= 0.6 is 23.1 Å². The first-order chi connectivity index (χ1) is 15.1. The molecule has 3 aromatic rings. The van der Waals surface area contributed by atoms with Crippen LogP contribution in [0.2, 0.25) is 0 Å². The number of carbonyl (C=O) groups is 1. The molecular formula is C24H29N3O2S2. The van der Waals surface area contributed by atoms with Crippen LogP contribution in [0.15, 0.2) is 40.3 Å². The Labute approximate surface area is 191 Å². The zero-order valence-electron chi connectivity index (χ0n) is 18.4. The van der Waals surface area contributed by atoms with E-state index in [1.807, 2.05) is 49.1 Å². The molecule has 0 bridgehead atoms. The van der Waals surface area contributed by atoms with Crippen molar-refractivity contribution < 1.29 is 4.79 Å². The van der Waals surface area contributed by atoms with E-state index in [1.165, 1.54) is 28.6 Å². The van der Waals surface area contributed by atoms with Crippen LogP contribution in [-0.2, 0) is 17.6 Å². The van der Waals surface area contributed by atoms with Crippen molar-refractivity contribution in [3.63, 3.8) is 0 Å². The van der Waals surface area contributed by atoms with Crippen molar-refractivity contribution in [2.24, 2.45) is 5.92 Å². The van der Waals surface area contributed by atoms with E-state index in [4.69, 9.17) is 4.98 Å². The highest BCUT2D eigenvalue weighted by Crippen LogP contribution is 2.37. The molecular weight excluding hydrogens is 426 g/mol. The van der Waals surface area contributed by atoms with Crippen LogP contribution in [0.25, 0.3) is 15.9 Å². The average Bonchev–Trinajstić information content (AvgIpc) is 3.16. The smallest absolute Gasteiger partial charge is 0.267 e. The number of rotatable bonds is 7. The number of thioether (sulfide) groups is 1. The number of aryl methyl sites for hydroxylation is 1. The first-order valence-corrected chi connectivity index (χ1v) is 12.9. The maximum absolute atomic E-state index is 13.7. The molecule has 31 heavy (non-hydrogen) atoms. The SMILES string of the molecule is CC[C@@H]1CCc2c(sc3nc(SCC(=O)N(CC)CC)n(-c4ccccc4)c(=O)c23)C1. The van der Waals surface area contributed by atoms with E-state index < -0.39 is 0 Å². The third-order valence-corrected chi connectivity index (χ3v) is 8.26. The predicted octanol–water partition coefficient (Wildman–Crippen LogP) is 4.92. The minimum Gasteiger partial charge on any atom is -0.343 e. The van der Waals surface area contributed by atoms with Crippen LogP contribution in [-0.4, -0.2) is 39.2 Å². The van der Waals surface area contributed by atoms with E-state index in [0.29, 0.717) is 24.2 Å². The van der Waals surface area contributed by atoms with Gasteiger partial charge in [-0.3, -0.25) is 14.2 Å². The summed E-state index contributed by atoms with van der Waals surface area (Å²) in [4.78, 5) is 35.2. The molecule has 5 nitrogen and oxygen atoms in total. The van der Waals surface area contributed by atoms with Crippen molar-refractivity contribution >= 4 is 39.2 Å². The minimum atomic E-state index is -0.0126. The Morgan fingerprint density at radius 1 is 1.23 bits per heavy atom. The second kappa shape index (κ2) is 9.57. The van der Waals surface area contributed by atoms with Crippen LogP contribution in [0.4, 0.5) is 0 Å². The number of amides is 1. The van der Waals surface area contributed by atoms with Gasteiger partial charge in [0.15, 0.2) is 5.16 Å². The molecule has 1 atom stereocenters. The Hall–Kier alpha value is -2.12. The first kappa shape index (κ1) is 22.1. The fourth-order valence-corrected chi connectivity index (χ4v) is 6.61. The Balaban J connectivity index is 1.81. The Morgan fingerprint density at radius 3 is 2.65 bits per heavy atom. The summed E-state index contributed by atoms with van der Waals surface area (Å²) in [5.74, 6) is 1.04. The number of nitrogens with zero attached hydrogens (tertiary/aromatic N) is 3. The lowest BCUT2D eigenvalue weighted by molar-refractivity contribution is -0.127. The lowest BCUT2D eigenvalue weighted by Crippen LogP contribution is -2.32. The molecule has 0 spiro atoms. The summed E-state index contributed by atoms with van der Waals surface area (Å²) < 4.78 is 1.70. The number of hydrogen-bond acceptors (Lipinski definition) is 5. The van der Waals surface area contributed by atoms with Crippen molar-refractivity contribution in [3.8, 4) is 5.69 Å². The van der Waals surface area contributed by atoms with Crippen LogP contribution < -0.4 is 5.56 Å². The maximum atomic E-state index is 13.7. The molecule has 1 amide bonds. The van der Waals surface area contributed by atoms with Crippen molar-refractivity contribution in [1.29, 1.82) is 0 Å². The number of benzene rings is 1. The number of aromatic nitrogens is 2. The second-order valence-electron chi connectivity index (χ2n) is 7.93. The molecule has 1 aromatic carbocycles. The third-order valence-electron chi connectivity index (χ3n) is 6.19. The molecule has 0 fully saturated rings. The molecule has 1 aliphatic carbocycles. The Kier molecular flexibility index (Phi) is 6.82. The highest BCUT2D eigenvalue weighted by molar-refractivity contribution is 7.99. The van der Waals surface area contributed by atoms with Crippen molar-refractivity contribution in [2.45, 2.75) is 51.6 Å². The average molecular weight is 456 g/mol. The summed E-state index contributed by atoms with van der Waals surface area (Å²) in [6.07, 6.45) is 4.30. The summed E-state index contributed by atoms with van der Waals surface area (Å²) in [5, 5.41) is 1.37. The van der Waals surface area contributed by atoms with E-state index >= 15 is 0 Å². The normalized spacial score (nSPS) is 15.8. The van der Waals surface area contributed by atoms with Gasteiger partial charge in [-0.15, -0.1) is 11.3 Å². The van der Waals surface area contributed by atoms with Crippen LogP contribution in [0.1, 0.15) is 44.1 Å². The van der Waals surface area contributed by atoms with Gasteiger partial charge in [-0.1, -0.05) is 43.3 Å². The quantitative estimate of drug-likeness (QED) is 0.375. The second-order valence-corrected chi connectivity index (χ2v) is 9.95. The van der Waals surface area contributed by atoms with Gasteiger partial charge in [0.25, 0.3) is 5.56 Å². The van der Waals surface area contributed by atoms with E-state index in [9.17, 15) is 9.59 Å². The summed E-state index contributed by atoms with van der Waals surface area (Å²) >= 11 is 3.02. The molecule has 0 aliphatic heterocycles. The molecule has 0 unspecified atom stereocenters. The molecule has 7 heteroatoms. The van der Waals surface area contributed by atoms with Crippen molar-refractivity contribution in [1.82, 2.24) is 14.5 Å². The summed E-state index contributed by atoms with van der Waals surface area (Å²) in [7, 11) is 0. The van der Waals surface area contributed by atoms with E-state index in [2.05, 4.69) is 6.92 Å². The van der Waals surface area contributed by atoms with Gasteiger partial charge < -0.3 is 4.90 Å². The number of para-hydroxylation sites is 1. The number of fused-ring (bicyclic) bond motifs is 3. The molecule has 1 aliphatic rings. The van der Waals surface area contributed by atoms with E-state index in [-0.39, 0.29) is 17.2 Å². The highest BCUT2D eigenvalue weighted by atomic mass is 32.2. The van der Waals surface area contributed by atoms with Crippen LogP contribution in [0.3, 0.4) is 0 Å². The zero-order chi connectivity index (χ0) is 22.0. The number of hydrogen-bond donors (Lipinski definition) is 0. The molecule has 2 aromatic heterocycles. The highest BCUT2D eigenvalue weighted by Gasteiger charge is 2.26. The summed E-state index contributed by atoms with van der Waals surface area (Å²) in [5.41, 5.74) is 1.98. The fourth-order valence-electron chi connectivity index (χ4n) is 4.32. The largest absolute Gasteiger partial charge is 0.343 e. The molecule has 2 heterocycles. The fraction of sp³-hybridized carbons (Fsp3) is 0.458. The van der Waals surface area contributed by atoms with Gasteiger partial charge in [-0.05, 0) is 56.7 Å². The Bertz CT molecular complexity index is 1130. The molecule has 0 N–H and O–H groups in total. The summed E-state index contributed by atoms with van der Waals surface area (Å²) in [6.45, 7) is 7.57. The monoisotopic (exact) mass is 455 g/mol. The lowest BCUT2D eigenvalue weighted by atomic mass is 9.86. The third kappa shape index (κ3) is 4.30. The van der Waals surface area contributed by atoms with Gasteiger partial charge in [-0.25, -0.2) is 4.98 Å². The van der Waals surface area contributed by atoms with Gasteiger partial charge in [0.2, 0.25) is 5.91 Å². The number of carbonyl (C=O) groups excluding carboxylic acids is 1. The van der Waals surface area contributed by atoms with E-state index in [1.54, 1.807) is 15.9 Å². The molecule has 4 rings (SSSR count). The predicted molar refractivity (Wildman–Crippen MR) is 130 cm³/mol. The van der Waals surface area contributed by atoms with Crippen LogP contribution in [0, 0.1) is 5.92 Å². The van der Waals surface area contributed by atoms with Gasteiger partial charge in [0, 0.05) is 18.0 Å². The lowest BCUT2D eigenvalue weighted by Gasteiger charge is -2.20. The van der Waals surface area contributed by atoms with Gasteiger partial charge >= 0.3 is 0 Å². The van der Waals surface area contributed by atoms with Crippen molar-refractivity contribution in [2.75, 3.05) is 18.8 Å². The maximum Gasteiger partial charge on any atom is 0.267 e. The number of thiophene rings is 1. The standard InChI is InChI=1S/C24H29N3O2S2/c1-4-16-12-13-18-19(14-16)31-22-21(18)23(29)27(17-10-8-7-9-11-17)24(25-22)30-15-20(28)26(5-2)6-3/h7-11,16H,4-6,12-15H2,1-3H3/t16-/m1/s1. The van der Waals surface area contributed by atoms with Gasteiger partial charge in [0.1, 0.15) is 4.83 Å². The van der Waals surface area contributed by atoms with Crippen molar-refractivity contribution in [3.05, 3.63) is 51.1 Å². The molecule has 0 radical (unpaired) electrons. The topological polar surface area (TPSA) is 55.2 Å². The first-order valence-electron chi connectivity index (χ1n) is 11.1. The van der Waals surface area contributed by atoms with E-state index in [0.717, 1.165) is 35.2 Å². The van der Waals surface area contributed by atoms with Crippen LogP contribution in [0.5, 0.6) is 0 Å². The molecule has 0 saturated carbocycles. The molecule has 0 saturated heterocycles. The summed E-state index contributed by atoms with van der Waals surface area (Å²) in [6, 6.07) is 9.65. The van der Waals surface area contributed by atoms with Gasteiger partial charge in [-0.2, -0.15) is 0 Å². The minimum absolute atomic E-state index is 0.0126. The Morgan fingerprint density at radius 2 is 1.97 bits per heavy atom.